The number of thiophene rings is 1. The monoisotopic (exact) mass is 301 g/mol. The van der Waals surface area contributed by atoms with Gasteiger partial charge in [-0.3, -0.25) is 0 Å². The van der Waals surface area contributed by atoms with E-state index in [1.807, 2.05) is 11.3 Å². The SMILES string of the molecule is CCCNC(c1ccc(CC)s1)c1cc(C)c(C)cc1C. The van der Waals surface area contributed by atoms with Crippen LogP contribution in [-0.4, -0.2) is 6.54 Å². The molecule has 1 nitrogen and oxygen atoms in total. The molecule has 0 bridgehead atoms. The van der Waals surface area contributed by atoms with Gasteiger partial charge in [-0.15, -0.1) is 11.3 Å². The zero-order valence-corrected chi connectivity index (χ0v) is 14.7. The third kappa shape index (κ3) is 3.75. The van der Waals surface area contributed by atoms with E-state index in [9.17, 15) is 0 Å². The lowest BCUT2D eigenvalue weighted by Gasteiger charge is -2.21. The van der Waals surface area contributed by atoms with Crippen LogP contribution in [0.2, 0.25) is 0 Å². The van der Waals surface area contributed by atoms with E-state index < -0.39 is 0 Å². The van der Waals surface area contributed by atoms with Crippen LogP contribution in [0.3, 0.4) is 0 Å². The first kappa shape index (κ1) is 16.3. The summed E-state index contributed by atoms with van der Waals surface area (Å²) in [5.41, 5.74) is 5.58. The molecule has 0 amide bonds. The van der Waals surface area contributed by atoms with Gasteiger partial charge in [0.1, 0.15) is 0 Å². The minimum absolute atomic E-state index is 0.328. The Morgan fingerprint density at radius 2 is 1.71 bits per heavy atom. The molecule has 1 N–H and O–H groups in total. The molecule has 0 aliphatic rings. The molecule has 0 saturated heterocycles. The maximum absolute atomic E-state index is 3.74. The second kappa shape index (κ2) is 7.24. The second-order valence-corrected chi connectivity index (χ2v) is 7.04. The highest BCUT2D eigenvalue weighted by molar-refractivity contribution is 7.12. The Labute approximate surface area is 133 Å². The zero-order chi connectivity index (χ0) is 15.4. The first-order valence-corrected chi connectivity index (χ1v) is 8.78. The molecule has 0 fully saturated rings. The Bertz CT molecular complexity index is 598. The van der Waals surface area contributed by atoms with Crippen molar-refractivity contribution in [3.63, 3.8) is 0 Å². The highest BCUT2D eigenvalue weighted by Gasteiger charge is 2.18. The van der Waals surface area contributed by atoms with Crippen molar-refractivity contribution in [3.05, 3.63) is 56.3 Å². The Morgan fingerprint density at radius 3 is 2.33 bits per heavy atom. The highest BCUT2D eigenvalue weighted by atomic mass is 32.1. The van der Waals surface area contributed by atoms with Gasteiger partial charge in [-0.2, -0.15) is 0 Å². The van der Waals surface area contributed by atoms with Gasteiger partial charge >= 0.3 is 0 Å². The molecule has 0 spiro atoms. The van der Waals surface area contributed by atoms with Gasteiger partial charge in [0.25, 0.3) is 0 Å². The van der Waals surface area contributed by atoms with Gasteiger partial charge in [0.15, 0.2) is 0 Å². The van der Waals surface area contributed by atoms with Crippen molar-refractivity contribution in [3.8, 4) is 0 Å². The molecule has 21 heavy (non-hydrogen) atoms. The molecular weight excluding hydrogens is 274 g/mol. The summed E-state index contributed by atoms with van der Waals surface area (Å²) >= 11 is 1.94. The fourth-order valence-electron chi connectivity index (χ4n) is 2.69. The lowest BCUT2D eigenvalue weighted by atomic mass is 9.95. The normalized spacial score (nSPS) is 12.6. The second-order valence-electron chi connectivity index (χ2n) is 5.84. The molecule has 114 valence electrons. The molecule has 1 heterocycles. The van der Waals surface area contributed by atoms with Crippen LogP contribution in [-0.2, 0) is 6.42 Å². The van der Waals surface area contributed by atoms with Gasteiger partial charge in [0.05, 0.1) is 6.04 Å². The molecule has 0 saturated carbocycles. The minimum Gasteiger partial charge on any atom is -0.306 e. The van der Waals surface area contributed by atoms with Crippen molar-refractivity contribution in [2.24, 2.45) is 0 Å². The number of rotatable bonds is 6. The van der Waals surface area contributed by atoms with Crippen LogP contribution in [0.5, 0.6) is 0 Å². The topological polar surface area (TPSA) is 12.0 Å². The van der Waals surface area contributed by atoms with Gasteiger partial charge in [0, 0.05) is 9.75 Å². The standard InChI is InChI=1S/C19H27NS/c1-6-10-20-19(18-9-8-16(7-2)21-18)17-12-14(4)13(3)11-15(17)5/h8-9,11-12,19-20H,6-7,10H2,1-5H3. The van der Waals surface area contributed by atoms with Crippen molar-refractivity contribution in [1.29, 1.82) is 0 Å². The smallest absolute Gasteiger partial charge is 0.0673 e. The average molecular weight is 301 g/mol. The first-order valence-electron chi connectivity index (χ1n) is 7.96. The third-order valence-electron chi connectivity index (χ3n) is 4.11. The molecule has 0 aliphatic carbocycles. The number of nitrogens with one attached hydrogen (secondary N) is 1. The summed E-state index contributed by atoms with van der Waals surface area (Å²) in [5, 5.41) is 3.74. The summed E-state index contributed by atoms with van der Waals surface area (Å²) in [6, 6.07) is 9.58. The Hall–Kier alpha value is -1.12. The minimum atomic E-state index is 0.328. The van der Waals surface area contributed by atoms with Gasteiger partial charge in [-0.25, -0.2) is 0 Å². The van der Waals surface area contributed by atoms with E-state index >= 15 is 0 Å². The summed E-state index contributed by atoms with van der Waals surface area (Å²) in [6.07, 6.45) is 2.28. The summed E-state index contributed by atoms with van der Waals surface area (Å²) in [7, 11) is 0. The van der Waals surface area contributed by atoms with Crippen LogP contribution in [0.15, 0.2) is 24.3 Å². The number of hydrogen-bond donors (Lipinski definition) is 1. The van der Waals surface area contributed by atoms with Crippen molar-refractivity contribution in [2.45, 2.75) is 53.5 Å². The maximum Gasteiger partial charge on any atom is 0.0673 e. The van der Waals surface area contributed by atoms with Gasteiger partial charge in [0.2, 0.25) is 0 Å². The molecule has 0 radical (unpaired) electrons. The van der Waals surface area contributed by atoms with Gasteiger partial charge < -0.3 is 5.32 Å². The third-order valence-corrected chi connectivity index (χ3v) is 5.40. The molecule has 1 unspecified atom stereocenters. The van der Waals surface area contributed by atoms with Crippen molar-refractivity contribution >= 4 is 11.3 Å². The van der Waals surface area contributed by atoms with Crippen molar-refractivity contribution in [1.82, 2.24) is 5.32 Å². The fourth-order valence-corrected chi connectivity index (χ4v) is 3.73. The quantitative estimate of drug-likeness (QED) is 0.761. The molecule has 2 aromatic rings. The molecule has 0 aliphatic heterocycles. The van der Waals surface area contributed by atoms with Crippen LogP contribution in [0.4, 0.5) is 0 Å². The van der Waals surface area contributed by atoms with Crippen molar-refractivity contribution in [2.75, 3.05) is 6.54 Å². The molecule has 1 atom stereocenters. The summed E-state index contributed by atoms with van der Waals surface area (Å²) in [4.78, 5) is 2.90. The van der Waals surface area contributed by atoms with Crippen LogP contribution in [0.1, 0.15) is 58.3 Å². The van der Waals surface area contributed by atoms with Crippen LogP contribution in [0.25, 0.3) is 0 Å². The van der Waals surface area contributed by atoms with E-state index in [4.69, 9.17) is 0 Å². The summed E-state index contributed by atoms with van der Waals surface area (Å²) < 4.78 is 0. The van der Waals surface area contributed by atoms with E-state index in [2.05, 4.69) is 64.2 Å². The largest absolute Gasteiger partial charge is 0.306 e. The average Bonchev–Trinajstić information content (AvgIpc) is 2.93. The number of hydrogen-bond acceptors (Lipinski definition) is 2. The Morgan fingerprint density at radius 1 is 1.00 bits per heavy atom. The predicted molar refractivity (Wildman–Crippen MR) is 94.5 cm³/mol. The summed E-state index contributed by atoms with van der Waals surface area (Å²) in [5.74, 6) is 0. The van der Waals surface area contributed by atoms with E-state index in [1.165, 1.54) is 32.0 Å². The molecular formula is C19H27NS. The number of aryl methyl sites for hydroxylation is 4. The Kier molecular flexibility index (Phi) is 5.60. The lowest BCUT2D eigenvalue weighted by Crippen LogP contribution is -2.23. The van der Waals surface area contributed by atoms with E-state index in [0.717, 1.165) is 19.4 Å². The fraction of sp³-hybridized carbons (Fsp3) is 0.474. The highest BCUT2D eigenvalue weighted by Crippen LogP contribution is 2.32. The molecule has 2 rings (SSSR count). The lowest BCUT2D eigenvalue weighted by molar-refractivity contribution is 0.603. The van der Waals surface area contributed by atoms with Gasteiger partial charge in [-0.1, -0.05) is 26.0 Å². The maximum atomic E-state index is 3.74. The molecule has 1 aromatic heterocycles. The van der Waals surface area contributed by atoms with Crippen molar-refractivity contribution < 1.29 is 0 Å². The Balaban J connectivity index is 2.42. The molecule has 1 aromatic carbocycles. The van der Waals surface area contributed by atoms with Crippen LogP contribution in [0, 0.1) is 20.8 Å². The van der Waals surface area contributed by atoms with Crippen LogP contribution >= 0.6 is 11.3 Å². The molecule has 2 heteroatoms. The van der Waals surface area contributed by atoms with E-state index in [0.29, 0.717) is 6.04 Å². The van der Waals surface area contributed by atoms with Gasteiger partial charge in [-0.05, 0) is 74.5 Å². The predicted octanol–water partition coefficient (Wildman–Crippen LogP) is 5.32. The van der Waals surface area contributed by atoms with E-state index in [-0.39, 0.29) is 0 Å². The summed E-state index contributed by atoms with van der Waals surface area (Å²) in [6.45, 7) is 12.1. The van der Waals surface area contributed by atoms with Crippen LogP contribution < -0.4 is 5.32 Å². The zero-order valence-electron chi connectivity index (χ0n) is 13.9. The first-order chi connectivity index (χ1) is 10.1. The number of benzene rings is 1. The van der Waals surface area contributed by atoms with E-state index in [1.54, 1.807) is 0 Å².